The Labute approximate surface area is 116 Å². The van der Waals surface area contributed by atoms with Gasteiger partial charge in [-0.1, -0.05) is 11.2 Å². The van der Waals surface area contributed by atoms with E-state index in [1.54, 1.807) is 6.07 Å². The van der Waals surface area contributed by atoms with Crippen LogP contribution >= 0.6 is 15.9 Å². The predicted molar refractivity (Wildman–Crippen MR) is 75.9 cm³/mol. The van der Waals surface area contributed by atoms with Gasteiger partial charge in [0, 0.05) is 12.1 Å². The minimum atomic E-state index is 0.534. The van der Waals surface area contributed by atoms with Gasteiger partial charge < -0.3 is 9.74 Å². The van der Waals surface area contributed by atoms with E-state index < -0.39 is 0 Å². The molecule has 1 saturated carbocycles. The maximum absolute atomic E-state index is 5.36. The van der Waals surface area contributed by atoms with Crippen LogP contribution in [0, 0.1) is 0 Å². The number of hydrogen-bond acceptors (Lipinski definition) is 4. The van der Waals surface area contributed by atoms with Gasteiger partial charge in [-0.3, -0.25) is 0 Å². The molecular formula is C13H18BrN3O. The second-order valence-corrected chi connectivity index (χ2v) is 5.55. The van der Waals surface area contributed by atoms with Crippen LogP contribution in [0.5, 0.6) is 5.88 Å². The molecule has 0 unspecified atom stereocenters. The summed E-state index contributed by atoms with van der Waals surface area (Å²) in [4.78, 5) is 11.8. The molecular weight excluding hydrogens is 294 g/mol. The zero-order valence-electron chi connectivity index (χ0n) is 10.8. The van der Waals surface area contributed by atoms with Crippen LogP contribution in [0.2, 0.25) is 0 Å². The van der Waals surface area contributed by atoms with Gasteiger partial charge in [-0.25, -0.2) is 4.98 Å². The Hall–Kier alpha value is -0.940. The lowest BCUT2D eigenvalue weighted by Crippen LogP contribution is -2.32. The highest BCUT2D eigenvalue weighted by Gasteiger charge is 2.19. The van der Waals surface area contributed by atoms with E-state index in [2.05, 4.69) is 45.1 Å². The van der Waals surface area contributed by atoms with Crippen LogP contribution in [0.4, 0.5) is 0 Å². The predicted octanol–water partition coefficient (Wildman–Crippen LogP) is 3.08. The van der Waals surface area contributed by atoms with E-state index in [9.17, 15) is 0 Å². The molecule has 0 spiro atoms. The molecule has 4 nitrogen and oxygen atoms in total. The lowest BCUT2D eigenvalue weighted by Gasteiger charge is -2.28. The van der Waals surface area contributed by atoms with Gasteiger partial charge in [0.1, 0.15) is 4.60 Å². The maximum Gasteiger partial charge on any atom is 0.249 e. The van der Waals surface area contributed by atoms with Crippen molar-refractivity contribution in [3.63, 3.8) is 0 Å². The molecule has 0 aliphatic heterocycles. The van der Waals surface area contributed by atoms with Crippen molar-refractivity contribution in [2.75, 3.05) is 14.1 Å². The summed E-state index contributed by atoms with van der Waals surface area (Å²) in [5, 5.41) is 4.20. The Morgan fingerprint density at radius 2 is 2.06 bits per heavy atom. The van der Waals surface area contributed by atoms with Crippen LogP contribution in [-0.2, 0) is 0 Å². The first kappa shape index (κ1) is 13.5. The number of pyridine rings is 1. The molecule has 1 heterocycles. The molecule has 0 atom stereocenters. The van der Waals surface area contributed by atoms with Crippen molar-refractivity contribution in [2.24, 2.45) is 5.16 Å². The number of rotatable bonds is 3. The Bertz CT molecular complexity index is 424. The fourth-order valence-corrected chi connectivity index (χ4v) is 2.42. The highest BCUT2D eigenvalue weighted by Crippen LogP contribution is 2.20. The molecule has 0 bridgehead atoms. The summed E-state index contributed by atoms with van der Waals surface area (Å²) in [7, 11) is 4.27. The number of nitrogens with zero attached hydrogens (tertiary/aromatic N) is 3. The van der Waals surface area contributed by atoms with Crippen molar-refractivity contribution in [1.29, 1.82) is 0 Å². The third-order valence-corrected chi connectivity index (χ3v) is 3.66. The molecule has 0 saturated heterocycles. The van der Waals surface area contributed by atoms with E-state index >= 15 is 0 Å². The molecule has 0 N–H and O–H groups in total. The van der Waals surface area contributed by atoms with Crippen molar-refractivity contribution < 1.29 is 4.84 Å². The average molecular weight is 312 g/mol. The zero-order chi connectivity index (χ0) is 13.0. The Kier molecular flexibility index (Phi) is 4.72. The average Bonchev–Trinajstić information content (AvgIpc) is 2.37. The molecule has 0 amide bonds. The van der Waals surface area contributed by atoms with Gasteiger partial charge >= 0.3 is 0 Å². The van der Waals surface area contributed by atoms with Crippen molar-refractivity contribution in [2.45, 2.75) is 31.7 Å². The van der Waals surface area contributed by atoms with Crippen LogP contribution in [0.1, 0.15) is 25.7 Å². The topological polar surface area (TPSA) is 37.7 Å². The molecule has 1 aliphatic carbocycles. The van der Waals surface area contributed by atoms with E-state index in [0.717, 1.165) is 36.0 Å². The van der Waals surface area contributed by atoms with E-state index in [0.29, 0.717) is 11.9 Å². The maximum atomic E-state index is 5.36. The molecule has 5 heteroatoms. The van der Waals surface area contributed by atoms with Crippen LogP contribution < -0.4 is 4.84 Å². The molecule has 0 radical (unpaired) electrons. The van der Waals surface area contributed by atoms with E-state index in [-0.39, 0.29) is 0 Å². The highest BCUT2D eigenvalue weighted by atomic mass is 79.9. The van der Waals surface area contributed by atoms with Gasteiger partial charge in [-0.05, 0) is 61.8 Å². The van der Waals surface area contributed by atoms with Crippen LogP contribution in [0.15, 0.2) is 28.0 Å². The van der Waals surface area contributed by atoms with E-state index in [1.807, 2.05) is 12.1 Å². The molecule has 2 rings (SSSR count). The zero-order valence-corrected chi connectivity index (χ0v) is 12.4. The lowest BCUT2D eigenvalue weighted by molar-refractivity contribution is 0.255. The number of aromatic nitrogens is 1. The first-order valence-electron chi connectivity index (χ1n) is 6.17. The quantitative estimate of drug-likeness (QED) is 0.636. The Morgan fingerprint density at radius 1 is 1.33 bits per heavy atom. The fraction of sp³-hybridized carbons (Fsp3) is 0.538. The number of oxime groups is 1. The molecule has 1 aromatic heterocycles. The molecule has 0 aromatic carbocycles. The summed E-state index contributed by atoms with van der Waals surface area (Å²) in [5.74, 6) is 0.534. The minimum Gasteiger partial charge on any atom is -0.337 e. The fourth-order valence-electron chi connectivity index (χ4n) is 2.10. The van der Waals surface area contributed by atoms with Crippen molar-refractivity contribution in [1.82, 2.24) is 9.88 Å². The van der Waals surface area contributed by atoms with Gasteiger partial charge in [0.25, 0.3) is 0 Å². The van der Waals surface area contributed by atoms with Gasteiger partial charge in [-0.2, -0.15) is 0 Å². The Balaban J connectivity index is 1.88. The largest absolute Gasteiger partial charge is 0.337 e. The van der Waals surface area contributed by atoms with Crippen molar-refractivity contribution in [3.05, 3.63) is 22.8 Å². The van der Waals surface area contributed by atoms with Gasteiger partial charge in [-0.15, -0.1) is 0 Å². The smallest absolute Gasteiger partial charge is 0.249 e. The molecule has 1 aliphatic rings. The normalized spacial score (nSPS) is 20.0. The second-order valence-electron chi connectivity index (χ2n) is 4.74. The second kappa shape index (κ2) is 6.29. The SMILES string of the molecule is CN(C)C1CCC(=NOc2cccc(Br)n2)CC1. The lowest BCUT2D eigenvalue weighted by atomic mass is 9.93. The van der Waals surface area contributed by atoms with Crippen molar-refractivity contribution >= 4 is 21.6 Å². The van der Waals surface area contributed by atoms with Crippen molar-refractivity contribution in [3.8, 4) is 5.88 Å². The summed E-state index contributed by atoms with van der Waals surface area (Å²) in [6, 6.07) is 6.23. The summed E-state index contributed by atoms with van der Waals surface area (Å²) < 4.78 is 0.761. The van der Waals surface area contributed by atoms with Gasteiger partial charge in [0.2, 0.25) is 5.88 Å². The third-order valence-electron chi connectivity index (χ3n) is 3.22. The first-order valence-corrected chi connectivity index (χ1v) is 6.96. The van der Waals surface area contributed by atoms with Crippen LogP contribution in [-0.4, -0.2) is 35.7 Å². The summed E-state index contributed by atoms with van der Waals surface area (Å²) in [5.41, 5.74) is 1.13. The molecule has 1 fully saturated rings. The highest BCUT2D eigenvalue weighted by molar-refractivity contribution is 9.10. The number of hydrogen-bond donors (Lipinski definition) is 0. The molecule has 98 valence electrons. The summed E-state index contributed by atoms with van der Waals surface area (Å²) in [6.45, 7) is 0. The molecule has 1 aromatic rings. The van der Waals surface area contributed by atoms with Crippen LogP contribution in [0.3, 0.4) is 0 Å². The van der Waals surface area contributed by atoms with Gasteiger partial charge in [0.05, 0.1) is 5.71 Å². The van der Waals surface area contributed by atoms with Gasteiger partial charge in [0.15, 0.2) is 0 Å². The molecule has 18 heavy (non-hydrogen) atoms. The monoisotopic (exact) mass is 311 g/mol. The summed E-state index contributed by atoms with van der Waals surface area (Å²) in [6.07, 6.45) is 4.33. The standard InChI is InChI=1S/C13H18BrN3O/c1-17(2)11-8-6-10(7-9-11)16-18-13-5-3-4-12(14)15-13/h3-5,11H,6-9H2,1-2H3. The Morgan fingerprint density at radius 3 is 2.67 bits per heavy atom. The first-order chi connectivity index (χ1) is 8.65. The van der Waals surface area contributed by atoms with E-state index in [4.69, 9.17) is 4.84 Å². The van der Waals surface area contributed by atoms with E-state index in [1.165, 1.54) is 0 Å². The summed E-state index contributed by atoms with van der Waals surface area (Å²) >= 11 is 3.31. The third kappa shape index (κ3) is 3.78. The number of halogens is 1. The minimum absolute atomic E-state index is 0.534. The van der Waals surface area contributed by atoms with Crippen LogP contribution in [0.25, 0.3) is 0 Å².